The summed E-state index contributed by atoms with van der Waals surface area (Å²) in [5.74, 6) is 1.84. The van der Waals surface area contributed by atoms with Gasteiger partial charge in [0.1, 0.15) is 0 Å². The normalized spacial score (nSPS) is 11.1. The Morgan fingerprint density at radius 3 is 3.08 bits per heavy atom. The lowest BCUT2D eigenvalue weighted by Crippen LogP contribution is -2.12. The molecule has 1 amide bonds. The standard InChI is InChI=1S/C16H15N7O2S/c1-23-16(20-21-22-23)26-8-6-14(24)17-10-4-5-11-12(9-10)19-15(18-11)13-3-2-7-25-13/h2-5,7,9H,6,8H2,1H3,(H,17,24)(H,18,19). The van der Waals surface area contributed by atoms with Crippen molar-refractivity contribution in [1.29, 1.82) is 0 Å². The molecule has 0 saturated carbocycles. The first kappa shape index (κ1) is 16.3. The number of furan rings is 1. The van der Waals surface area contributed by atoms with Gasteiger partial charge in [0.15, 0.2) is 11.6 Å². The van der Waals surface area contributed by atoms with Crippen molar-refractivity contribution in [2.24, 2.45) is 7.05 Å². The molecule has 4 rings (SSSR count). The molecule has 3 aromatic heterocycles. The smallest absolute Gasteiger partial charge is 0.225 e. The lowest BCUT2D eigenvalue weighted by molar-refractivity contribution is -0.115. The van der Waals surface area contributed by atoms with E-state index < -0.39 is 0 Å². The van der Waals surface area contributed by atoms with E-state index in [9.17, 15) is 4.79 Å². The van der Waals surface area contributed by atoms with Crippen molar-refractivity contribution < 1.29 is 9.21 Å². The molecule has 0 saturated heterocycles. The van der Waals surface area contributed by atoms with E-state index in [1.807, 2.05) is 30.3 Å². The number of H-pyrrole nitrogens is 1. The number of rotatable bonds is 6. The number of fused-ring (bicyclic) bond motifs is 1. The number of benzene rings is 1. The van der Waals surface area contributed by atoms with Crippen LogP contribution in [0.15, 0.2) is 46.2 Å². The van der Waals surface area contributed by atoms with Crippen LogP contribution in [0.25, 0.3) is 22.6 Å². The molecular formula is C16H15N7O2S. The minimum absolute atomic E-state index is 0.0715. The fraction of sp³-hybridized carbons (Fsp3) is 0.188. The highest BCUT2D eigenvalue weighted by Gasteiger charge is 2.10. The molecule has 0 unspecified atom stereocenters. The molecule has 2 N–H and O–H groups in total. The zero-order chi connectivity index (χ0) is 17.9. The average molecular weight is 369 g/mol. The van der Waals surface area contributed by atoms with Crippen LogP contribution in [0, 0.1) is 0 Å². The van der Waals surface area contributed by atoms with Crippen molar-refractivity contribution in [3.05, 3.63) is 36.6 Å². The van der Waals surface area contributed by atoms with Crippen molar-refractivity contribution >= 4 is 34.4 Å². The Hall–Kier alpha value is -3.14. The molecule has 0 fully saturated rings. The second-order valence-electron chi connectivity index (χ2n) is 5.53. The van der Waals surface area contributed by atoms with Gasteiger partial charge in [-0.3, -0.25) is 4.79 Å². The minimum atomic E-state index is -0.0715. The number of amides is 1. The molecule has 9 nitrogen and oxygen atoms in total. The number of carbonyl (C=O) groups is 1. The van der Waals surface area contributed by atoms with Gasteiger partial charge in [0.05, 0.1) is 17.3 Å². The number of aromatic amines is 1. The number of nitrogens with zero attached hydrogens (tertiary/aromatic N) is 5. The highest BCUT2D eigenvalue weighted by molar-refractivity contribution is 7.99. The number of thioether (sulfide) groups is 1. The van der Waals surface area contributed by atoms with Crippen LogP contribution in [0.4, 0.5) is 5.69 Å². The van der Waals surface area contributed by atoms with Gasteiger partial charge < -0.3 is 14.7 Å². The highest BCUT2D eigenvalue weighted by atomic mass is 32.2. The van der Waals surface area contributed by atoms with E-state index in [1.54, 1.807) is 18.0 Å². The maximum absolute atomic E-state index is 12.1. The Kier molecular flexibility index (Phi) is 4.40. The van der Waals surface area contributed by atoms with E-state index in [0.29, 0.717) is 34.6 Å². The quantitative estimate of drug-likeness (QED) is 0.502. The number of tetrazole rings is 1. The van der Waals surface area contributed by atoms with E-state index in [4.69, 9.17) is 4.42 Å². The summed E-state index contributed by atoms with van der Waals surface area (Å²) in [6.07, 6.45) is 1.96. The Bertz CT molecular complexity index is 1040. The summed E-state index contributed by atoms with van der Waals surface area (Å²) in [6.45, 7) is 0. The van der Waals surface area contributed by atoms with Crippen molar-refractivity contribution in [2.75, 3.05) is 11.1 Å². The van der Waals surface area contributed by atoms with E-state index in [1.165, 1.54) is 11.8 Å². The summed E-state index contributed by atoms with van der Waals surface area (Å²) in [6, 6.07) is 9.18. The minimum Gasteiger partial charge on any atom is -0.461 e. The van der Waals surface area contributed by atoms with Gasteiger partial charge in [-0.2, -0.15) is 0 Å². The Morgan fingerprint density at radius 2 is 2.31 bits per heavy atom. The Labute approximate surface area is 152 Å². The second-order valence-corrected chi connectivity index (χ2v) is 6.59. The van der Waals surface area contributed by atoms with Crippen molar-refractivity contribution in [3.63, 3.8) is 0 Å². The van der Waals surface area contributed by atoms with Crippen LogP contribution in [-0.4, -0.2) is 41.8 Å². The Balaban J connectivity index is 1.38. The third-order valence-corrected chi connectivity index (χ3v) is 4.67. The first-order valence-electron chi connectivity index (χ1n) is 7.88. The van der Waals surface area contributed by atoms with E-state index in [2.05, 4.69) is 30.8 Å². The first-order valence-corrected chi connectivity index (χ1v) is 8.86. The van der Waals surface area contributed by atoms with Crippen LogP contribution in [0.1, 0.15) is 6.42 Å². The number of nitrogens with one attached hydrogen (secondary N) is 2. The third kappa shape index (κ3) is 3.45. The number of aryl methyl sites for hydroxylation is 1. The van der Waals surface area contributed by atoms with Gasteiger partial charge in [0, 0.05) is 24.9 Å². The van der Waals surface area contributed by atoms with Gasteiger partial charge in [-0.15, -0.1) is 5.10 Å². The largest absolute Gasteiger partial charge is 0.461 e. The molecule has 0 aliphatic heterocycles. The van der Waals surface area contributed by atoms with Gasteiger partial charge in [0.25, 0.3) is 0 Å². The van der Waals surface area contributed by atoms with Crippen molar-refractivity contribution in [2.45, 2.75) is 11.6 Å². The molecule has 0 atom stereocenters. The Morgan fingerprint density at radius 1 is 1.38 bits per heavy atom. The molecule has 0 spiro atoms. The van der Waals surface area contributed by atoms with E-state index >= 15 is 0 Å². The zero-order valence-corrected chi connectivity index (χ0v) is 14.7. The van der Waals surface area contributed by atoms with Crippen molar-refractivity contribution in [3.8, 4) is 11.6 Å². The second kappa shape index (κ2) is 7.00. The summed E-state index contributed by atoms with van der Waals surface area (Å²) in [5, 5.41) is 14.8. The topological polar surface area (TPSA) is 115 Å². The average Bonchev–Trinajstić information content (AvgIpc) is 3.35. The molecule has 0 radical (unpaired) electrons. The summed E-state index contributed by atoms with van der Waals surface area (Å²) in [5.41, 5.74) is 2.34. The van der Waals surface area contributed by atoms with Crippen LogP contribution in [0.3, 0.4) is 0 Å². The molecule has 3 heterocycles. The van der Waals surface area contributed by atoms with E-state index in [0.717, 1.165) is 11.0 Å². The number of carbonyl (C=O) groups excluding carboxylic acids is 1. The third-order valence-electron chi connectivity index (χ3n) is 3.66. The van der Waals surface area contributed by atoms with Crippen LogP contribution in [0.2, 0.25) is 0 Å². The SMILES string of the molecule is Cn1nnnc1SCCC(=O)Nc1ccc2nc(-c3ccco3)[nH]c2c1. The van der Waals surface area contributed by atoms with Gasteiger partial charge in [-0.05, 0) is 40.8 Å². The van der Waals surface area contributed by atoms with Gasteiger partial charge in [0.2, 0.25) is 11.1 Å². The lowest BCUT2D eigenvalue weighted by atomic mass is 10.2. The van der Waals surface area contributed by atoms with Crippen LogP contribution >= 0.6 is 11.8 Å². The van der Waals surface area contributed by atoms with E-state index in [-0.39, 0.29) is 5.91 Å². The predicted molar refractivity (Wildman–Crippen MR) is 96.6 cm³/mol. The summed E-state index contributed by atoms with van der Waals surface area (Å²) in [7, 11) is 1.76. The fourth-order valence-corrected chi connectivity index (χ4v) is 3.21. The number of hydrogen-bond acceptors (Lipinski definition) is 7. The zero-order valence-electron chi connectivity index (χ0n) is 13.8. The van der Waals surface area contributed by atoms with Crippen LogP contribution in [-0.2, 0) is 11.8 Å². The summed E-state index contributed by atoms with van der Waals surface area (Å²) < 4.78 is 6.92. The summed E-state index contributed by atoms with van der Waals surface area (Å²) >= 11 is 1.44. The van der Waals surface area contributed by atoms with Gasteiger partial charge in [-0.1, -0.05) is 11.8 Å². The van der Waals surface area contributed by atoms with Gasteiger partial charge >= 0.3 is 0 Å². The maximum atomic E-state index is 12.1. The van der Waals surface area contributed by atoms with Crippen molar-refractivity contribution in [1.82, 2.24) is 30.2 Å². The molecule has 1 aromatic carbocycles. The monoisotopic (exact) mass is 369 g/mol. The molecule has 10 heteroatoms. The lowest BCUT2D eigenvalue weighted by Gasteiger charge is -2.04. The van der Waals surface area contributed by atoms with Crippen LogP contribution < -0.4 is 5.32 Å². The highest BCUT2D eigenvalue weighted by Crippen LogP contribution is 2.23. The molecule has 0 bridgehead atoms. The van der Waals surface area contributed by atoms with Gasteiger partial charge in [-0.25, -0.2) is 9.67 Å². The molecule has 4 aromatic rings. The molecular weight excluding hydrogens is 354 g/mol. The number of imidazole rings is 1. The first-order chi connectivity index (χ1) is 12.7. The molecule has 132 valence electrons. The predicted octanol–water partition coefficient (Wildman–Crippen LogP) is 2.47. The number of aromatic nitrogens is 6. The molecule has 0 aliphatic carbocycles. The number of anilines is 1. The summed E-state index contributed by atoms with van der Waals surface area (Å²) in [4.78, 5) is 19.8. The molecule has 26 heavy (non-hydrogen) atoms. The maximum Gasteiger partial charge on any atom is 0.225 e. The fourth-order valence-electron chi connectivity index (χ4n) is 2.42. The van der Waals surface area contributed by atoms with Crippen LogP contribution in [0.5, 0.6) is 0 Å². The number of hydrogen-bond donors (Lipinski definition) is 2. The molecule has 0 aliphatic rings.